The molecule has 2 aliphatic rings. The summed E-state index contributed by atoms with van der Waals surface area (Å²) < 4.78 is 11.1. The topological polar surface area (TPSA) is 68.5 Å². The standard InChI is InChI=1S/C16H17N3O3S/c1-11-5-14(18-22-11)15(20)19-9-16(10-19)6-13(8-23-16)21-12-3-2-4-17-7-12/h2-5,7,13H,6,8-10H2,1H3/t13-/m1/s1. The summed E-state index contributed by atoms with van der Waals surface area (Å²) in [6.45, 7) is 3.28. The van der Waals surface area contributed by atoms with E-state index in [2.05, 4.69) is 10.1 Å². The number of carbonyl (C=O) groups excluding carboxylic acids is 1. The zero-order valence-electron chi connectivity index (χ0n) is 12.8. The highest BCUT2D eigenvalue weighted by Crippen LogP contribution is 2.46. The van der Waals surface area contributed by atoms with Crippen molar-refractivity contribution in [2.24, 2.45) is 0 Å². The second-order valence-corrected chi connectivity index (χ2v) is 7.60. The Balaban J connectivity index is 1.33. The summed E-state index contributed by atoms with van der Waals surface area (Å²) in [6.07, 6.45) is 4.60. The van der Waals surface area contributed by atoms with Gasteiger partial charge in [0.1, 0.15) is 17.6 Å². The van der Waals surface area contributed by atoms with Crippen molar-refractivity contribution >= 4 is 17.7 Å². The summed E-state index contributed by atoms with van der Waals surface area (Å²) in [4.78, 5) is 18.2. The molecular formula is C16H17N3O3S. The minimum atomic E-state index is -0.0512. The van der Waals surface area contributed by atoms with E-state index in [9.17, 15) is 4.79 Å². The molecule has 2 saturated heterocycles. The van der Waals surface area contributed by atoms with E-state index in [1.165, 1.54) is 0 Å². The second-order valence-electron chi connectivity index (χ2n) is 6.11. The maximum Gasteiger partial charge on any atom is 0.276 e. The molecule has 1 atom stereocenters. The van der Waals surface area contributed by atoms with Gasteiger partial charge in [0.2, 0.25) is 0 Å². The minimum Gasteiger partial charge on any atom is -0.488 e. The van der Waals surface area contributed by atoms with E-state index in [0.717, 1.165) is 31.0 Å². The lowest BCUT2D eigenvalue weighted by atomic mass is 9.92. The first-order chi connectivity index (χ1) is 11.1. The summed E-state index contributed by atoms with van der Waals surface area (Å²) in [5.41, 5.74) is 0.392. The average Bonchev–Trinajstić information content (AvgIpc) is 3.13. The number of likely N-dealkylation sites (tertiary alicyclic amines) is 1. The molecule has 1 amide bonds. The second kappa shape index (κ2) is 5.56. The van der Waals surface area contributed by atoms with Gasteiger partial charge in [0, 0.05) is 37.5 Å². The molecule has 2 aromatic rings. The molecule has 4 heterocycles. The zero-order chi connectivity index (χ0) is 15.9. The molecule has 0 bridgehead atoms. The molecule has 2 fully saturated rings. The van der Waals surface area contributed by atoms with Gasteiger partial charge >= 0.3 is 0 Å². The van der Waals surface area contributed by atoms with Crippen molar-refractivity contribution < 1.29 is 14.1 Å². The van der Waals surface area contributed by atoms with E-state index >= 15 is 0 Å². The van der Waals surface area contributed by atoms with E-state index in [4.69, 9.17) is 9.26 Å². The van der Waals surface area contributed by atoms with E-state index in [1.807, 2.05) is 28.8 Å². The van der Waals surface area contributed by atoms with Gasteiger partial charge in [0.05, 0.1) is 10.9 Å². The molecule has 0 unspecified atom stereocenters. The van der Waals surface area contributed by atoms with Gasteiger partial charge in [-0.15, -0.1) is 11.8 Å². The van der Waals surface area contributed by atoms with Crippen molar-refractivity contribution in [3.63, 3.8) is 0 Å². The molecular weight excluding hydrogens is 314 g/mol. The average molecular weight is 331 g/mol. The van der Waals surface area contributed by atoms with Crippen LogP contribution in [0, 0.1) is 6.92 Å². The molecule has 0 aromatic carbocycles. The summed E-state index contributed by atoms with van der Waals surface area (Å²) in [5, 5.41) is 3.80. The SMILES string of the molecule is Cc1cc(C(=O)N2CC3(C[C@@H](Oc4cccnc4)CS3)C2)no1. The Bertz CT molecular complexity index is 712. The first-order valence-electron chi connectivity index (χ1n) is 7.57. The highest BCUT2D eigenvalue weighted by Gasteiger charge is 2.51. The van der Waals surface area contributed by atoms with Gasteiger partial charge in [-0.2, -0.15) is 0 Å². The molecule has 7 heteroatoms. The number of aromatic nitrogens is 2. The molecule has 23 heavy (non-hydrogen) atoms. The van der Waals surface area contributed by atoms with Crippen LogP contribution in [0.15, 0.2) is 35.1 Å². The number of nitrogens with zero attached hydrogens (tertiary/aromatic N) is 3. The van der Waals surface area contributed by atoms with Gasteiger partial charge < -0.3 is 14.2 Å². The minimum absolute atomic E-state index is 0.0512. The third kappa shape index (κ3) is 2.81. The number of pyridine rings is 1. The van der Waals surface area contributed by atoms with E-state index in [0.29, 0.717) is 11.5 Å². The number of rotatable bonds is 3. The van der Waals surface area contributed by atoms with E-state index < -0.39 is 0 Å². The first-order valence-corrected chi connectivity index (χ1v) is 8.55. The molecule has 120 valence electrons. The maximum absolute atomic E-state index is 12.3. The van der Waals surface area contributed by atoms with Crippen LogP contribution in [0.4, 0.5) is 0 Å². The van der Waals surface area contributed by atoms with Crippen LogP contribution in [0.2, 0.25) is 0 Å². The Hall–Kier alpha value is -2.02. The number of hydrogen-bond donors (Lipinski definition) is 0. The smallest absolute Gasteiger partial charge is 0.276 e. The van der Waals surface area contributed by atoms with Crippen molar-refractivity contribution in [2.75, 3.05) is 18.8 Å². The highest BCUT2D eigenvalue weighted by molar-refractivity contribution is 8.01. The number of thioether (sulfide) groups is 1. The van der Waals surface area contributed by atoms with Crippen LogP contribution in [0.3, 0.4) is 0 Å². The molecule has 0 radical (unpaired) electrons. The number of aryl methyl sites for hydroxylation is 1. The van der Waals surface area contributed by atoms with Gasteiger partial charge in [0.15, 0.2) is 5.69 Å². The summed E-state index contributed by atoms with van der Waals surface area (Å²) in [7, 11) is 0. The zero-order valence-corrected chi connectivity index (χ0v) is 13.6. The van der Waals surface area contributed by atoms with Gasteiger partial charge in [-0.1, -0.05) is 5.16 Å². The number of carbonyl (C=O) groups is 1. The number of hydrogen-bond acceptors (Lipinski definition) is 6. The Labute approximate surface area is 138 Å². The Morgan fingerprint density at radius 3 is 3.09 bits per heavy atom. The lowest BCUT2D eigenvalue weighted by Gasteiger charge is -2.47. The van der Waals surface area contributed by atoms with E-state index in [1.54, 1.807) is 25.4 Å². The van der Waals surface area contributed by atoms with Crippen LogP contribution in [-0.4, -0.2) is 50.6 Å². The van der Waals surface area contributed by atoms with Crippen LogP contribution in [0.25, 0.3) is 0 Å². The van der Waals surface area contributed by atoms with Crippen molar-refractivity contribution in [3.8, 4) is 5.75 Å². The van der Waals surface area contributed by atoms with Gasteiger partial charge in [0.25, 0.3) is 5.91 Å². The lowest BCUT2D eigenvalue weighted by molar-refractivity contribution is 0.0508. The molecule has 6 nitrogen and oxygen atoms in total. The quantitative estimate of drug-likeness (QED) is 0.858. The Morgan fingerprint density at radius 1 is 1.52 bits per heavy atom. The molecule has 2 aromatic heterocycles. The third-order valence-corrected chi connectivity index (χ3v) is 5.78. The predicted octanol–water partition coefficient (Wildman–Crippen LogP) is 2.16. The Kier molecular flexibility index (Phi) is 3.52. The molecule has 2 aliphatic heterocycles. The van der Waals surface area contributed by atoms with Gasteiger partial charge in [-0.05, 0) is 19.1 Å². The first kappa shape index (κ1) is 14.6. The molecule has 4 rings (SSSR count). The molecule has 1 spiro atoms. The third-order valence-electron chi connectivity index (χ3n) is 4.20. The fraction of sp³-hybridized carbons (Fsp3) is 0.438. The van der Waals surface area contributed by atoms with Gasteiger partial charge in [-0.25, -0.2) is 0 Å². The fourth-order valence-electron chi connectivity index (χ4n) is 3.13. The normalized spacial score (nSPS) is 22.1. The largest absolute Gasteiger partial charge is 0.488 e. The van der Waals surface area contributed by atoms with Crippen molar-refractivity contribution in [1.29, 1.82) is 0 Å². The van der Waals surface area contributed by atoms with Crippen LogP contribution >= 0.6 is 11.8 Å². The lowest BCUT2D eigenvalue weighted by Crippen LogP contribution is -2.60. The van der Waals surface area contributed by atoms with Crippen LogP contribution < -0.4 is 4.74 Å². The van der Waals surface area contributed by atoms with Crippen LogP contribution in [0.5, 0.6) is 5.75 Å². The van der Waals surface area contributed by atoms with Crippen LogP contribution in [-0.2, 0) is 0 Å². The monoisotopic (exact) mass is 331 g/mol. The molecule has 0 aliphatic carbocycles. The summed E-state index contributed by atoms with van der Waals surface area (Å²) in [5.74, 6) is 2.36. The highest BCUT2D eigenvalue weighted by atomic mass is 32.2. The van der Waals surface area contributed by atoms with E-state index in [-0.39, 0.29) is 16.8 Å². The summed E-state index contributed by atoms with van der Waals surface area (Å²) >= 11 is 1.90. The van der Waals surface area contributed by atoms with Gasteiger partial charge in [-0.3, -0.25) is 9.78 Å². The van der Waals surface area contributed by atoms with Crippen molar-refractivity contribution in [2.45, 2.75) is 24.2 Å². The maximum atomic E-state index is 12.3. The Morgan fingerprint density at radius 2 is 2.39 bits per heavy atom. The molecule has 0 saturated carbocycles. The van der Waals surface area contributed by atoms with Crippen LogP contribution in [0.1, 0.15) is 22.7 Å². The molecule has 0 N–H and O–H groups in total. The number of ether oxygens (including phenoxy) is 1. The predicted molar refractivity (Wildman–Crippen MR) is 85.6 cm³/mol. The summed E-state index contributed by atoms with van der Waals surface area (Å²) in [6, 6.07) is 5.48. The fourth-order valence-corrected chi connectivity index (χ4v) is 4.65. The van der Waals surface area contributed by atoms with Crippen molar-refractivity contribution in [1.82, 2.24) is 15.0 Å². The van der Waals surface area contributed by atoms with Crippen molar-refractivity contribution in [3.05, 3.63) is 42.0 Å². The number of amides is 1.